The zero-order valence-electron chi connectivity index (χ0n) is 14.1. The SMILES string of the molecule is CC(C)(C)OC(=O)CNC(=O)CN1C(=O)[C@@H]2[C@H](C1=O)[C@@H]1C=C[C@H]2C1. The van der Waals surface area contributed by atoms with Crippen LogP contribution < -0.4 is 5.32 Å². The summed E-state index contributed by atoms with van der Waals surface area (Å²) in [5, 5.41) is 2.40. The van der Waals surface area contributed by atoms with Crippen molar-refractivity contribution in [2.24, 2.45) is 23.7 Å². The number of likely N-dealkylation sites (tertiary alicyclic amines) is 1. The molecule has 1 heterocycles. The standard InChI is InChI=1S/C17H22N2O5/c1-17(2,3)24-12(21)7-18-11(20)8-19-15(22)13-9-4-5-10(6-9)14(13)16(19)23/h4-5,9-10,13-14H,6-8H2,1-3H3,(H,18,20)/t9-,10+,13-,14+. The van der Waals surface area contributed by atoms with E-state index in [9.17, 15) is 19.2 Å². The molecule has 3 rings (SSSR count). The predicted octanol–water partition coefficient (Wildman–Crippen LogP) is 0.251. The van der Waals surface area contributed by atoms with E-state index >= 15 is 0 Å². The molecule has 0 radical (unpaired) electrons. The number of allylic oxidation sites excluding steroid dienone is 2. The molecule has 4 atom stereocenters. The molecule has 1 saturated carbocycles. The highest BCUT2D eigenvalue weighted by molar-refractivity contribution is 6.08. The second-order valence-electron chi connectivity index (χ2n) is 7.63. The number of carbonyl (C=O) groups is 4. The van der Waals surface area contributed by atoms with Crippen molar-refractivity contribution in [1.29, 1.82) is 0 Å². The van der Waals surface area contributed by atoms with Crippen molar-refractivity contribution in [1.82, 2.24) is 10.2 Å². The molecular formula is C17H22N2O5. The topological polar surface area (TPSA) is 92.8 Å². The van der Waals surface area contributed by atoms with Crippen LogP contribution in [0.3, 0.4) is 0 Å². The fourth-order valence-corrected chi connectivity index (χ4v) is 3.87. The van der Waals surface area contributed by atoms with Crippen molar-refractivity contribution in [2.75, 3.05) is 13.1 Å². The van der Waals surface area contributed by atoms with E-state index in [1.807, 2.05) is 12.2 Å². The molecule has 7 heteroatoms. The van der Waals surface area contributed by atoms with Gasteiger partial charge in [0.2, 0.25) is 17.7 Å². The Kier molecular flexibility index (Phi) is 3.97. The third-order valence-corrected chi connectivity index (χ3v) is 4.71. The van der Waals surface area contributed by atoms with Gasteiger partial charge in [-0.05, 0) is 39.0 Å². The first kappa shape index (κ1) is 16.7. The molecule has 3 amide bonds. The second-order valence-corrected chi connectivity index (χ2v) is 7.63. The van der Waals surface area contributed by atoms with E-state index in [-0.39, 0.29) is 48.6 Å². The van der Waals surface area contributed by atoms with Crippen LogP contribution in [0.1, 0.15) is 27.2 Å². The maximum atomic E-state index is 12.4. The monoisotopic (exact) mass is 334 g/mol. The first-order chi connectivity index (χ1) is 11.2. The van der Waals surface area contributed by atoms with Gasteiger partial charge in [-0.15, -0.1) is 0 Å². The summed E-state index contributed by atoms with van der Waals surface area (Å²) in [6, 6.07) is 0. The Morgan fingerprint density at radius 2 is 1.71 bits per heavy atom. The maximum absolute atomic E-state index is 12.4. The molecule has 130 valence electrons. The van der Waals surface area contributed by atoms with E-state index in [4.69, 9.17) is 4.74 Å². The average molecular weight is 334 g/mol. The number of esters is 1. The lowest BCUT2D eigenvalue weighted by Gasteiger charge is -2.20. The van der Waals surface area contributed by atoms with Gasteiger partial charge in [0.25, 0.3) is 0 Å². The molecule has 7 nitrogen and oxygen atoms in total. The van der Waals surface area contributed by atoms with Gasteiger partial charge in [0, 0.05) is 0 Å². The zero-order chi connectivity index (χ0) is 17.6. The highest BCUT2D eigenvalue weighted by atomic mass is 16.6. The number of hydrogen-bond acceptors (Lipinski definition) is 5. The number of imide groups is 1. The van der Waals surface area contributed by atoms with E-state index in [0.29, 0.717) is 0 Å². The average Bonchev–Trinajstić information content (AvgIpc) is 3.13. The summed E-state index contributed by atoms with van der Waals surface area (Å²) in [5.74, 6) is -2.03. The molecule has 2 bridgehead atoms. The van der Waals surface area contributed by atoms with Gasteiger partial charge in [0.15, 0.2) is 0 Å². The van der Waals surface area contributed by atoms with Gasteiger partial charge in [-0.2, -0.15) is 0 Å². The molecule has 1 aliphatic heterocycles. The fraction of sp³-hybridized carbons (Fsp3) is 0.647. The smallest absolute Gasteiger partial charge is 0.325 e. The molecule has 0 aromatic rings. The minimum Gasteiger partial charge on any atom is -0.459 e. The Hall–Kier alpha value is -2.18. The van der Waals surface area contributed by atoms with E-state index in [1.54, 1.807) is 20.8 Å². The molecule has 2 fully saturated rings. The third kappa shape index (κ3) is 2.95. The summed E-state index contributed by atoms with van der Waals surface area (Å²) < 4.78 is 5.09. The minimum absolute atomic E-state index is 0.117. The number of hydrogen-bond donors (Lipinski definition) is 1. The number of amides is 3. The van der Waals surface area contributed by atoms with Gasteiger partial charge in [-0.25, -0.2) is 0 Å². The molecule has 0 aromatic heterocycles. The lowest BCUT2D eigenvalue weighted by molar-refractivity contribution is -0.154. The first-order valence-corrected chi connectivity index (χ1v) is 8.19. The number of carbonyl (C=O) groups excluding carboxylic acids is 4. The Morgan fingerprint density at radius 3 is 2.21 bits per heavy atom. The molecule has 3 aliphatic rings. The summed E-state index contributed by atoms with van der Waals surface area (Å²) >= 11 is 0. The van der Waals surface area contributed by atoms with E-state index < -0.39 is 17.5 Å². The minimum atomic E-state index is -0.633. The molecule has 1 saturated heterocycles. The summed E-state index contributed by atoms with van der Waals surface area (Å²) in [5.41, 5.74) is -0.633. The van der Waals surface area contributed by atoms with Gasteiger partial charge in [0.05, 0.1) is 11.8 Å². The van der Waals surface area contributed by atoms with Crippen molar-refractivity contribution in [3.05, 3.63) is 12.2 Å². The fourth-order valence-electron chi connectivity index (χ4n) is 3.87. The lowest BCUT2D eigenvalue weighted by Crippen LogP contribution is -2.43. The van der Waals surface area contributed by atoms with E-state index in [2.05, 4.69) is 5.32 Å². The van der Waals surface area contributed by atoms with Crippen LogP contribution in [0.4, 0.5) is 0 Å². The van der Waals surface area contributed by atoms with Crippen LogP contribution in [0.15, 0.2) is 12.2 Å². The number of ether oxygens (including phenoxy) is 1. The Morgan fingerprint density at radius 1 is 1.17 bits per heavy atom. The molecule has 0 spiro atoms. The molecule has 24 heavy (non-hydrogen) atoms. The Bertz CT molecular complexity index is 603. The summed E-state index contributed by atoms with van der Waals surface area (Å²) in [6.45, 7) is 4.57. The first-order valence-electron chi connectivity index (χ1n) is 8.19. The van der Waals surface area contributed by atoms with Gasteiger partial charge in [-0.3, -0.25) is 24.1 Å². The summed E-state index contributed by atoms with van der Waals surface area (Å²) in [6.07, 6.45) is 4.86. The molecular weight excluding hydrogens is 312 g/mol. The van der Waals surface area contributed by atoms with Crippen molar-refractivity contribution in [3.8, 4) is 0 Å². The van der Waals surface area contributed by atoms with Crippen LogP contribution in [0, 0.1) is 23.7 Å². The Balaban J connectivity index is 1.53. The third-order valence-electron chi connectivity index (χ3n) is 4.71. The van der Waals surface area contributed by atoms with Gasteiger partial charge >= 0.3 is 5.97 Å². The quantitative estimate of drug-likeness (QED) is 0.452. The Labute approximate surface area is 140 Å². The summed E-state index contributed by atoms with van der Waals surface area (Å²) in [7, 11) is 0. The van der Waals surface area contributed by atoms with Crippen LogP contribution in [0.25, 0.3) is 0 Å². The lowest BCUT2D eigenvalue weighted by atomic mass is 9.85. The second kappa shape index (κ2) is 5.72. The number of nitrogens with zero attached hydrogens (tertiary/aromatic N) is 1. The molecule has 0 unspecified atom stereocenters. The predicted molar refractivity (Wildman–Crippen MR) is 83.3 cm³/mol. The van der Waals surface area contributed by atoms with Gasteiger partial charge in [-0.1, -0.05) is 12.2 Å². The van der Waals surface area contributed by atoms with Crippen LogP contribution >= 0.6 is 0 Å². The molecule has 2 aliphatic carbocycles. The van der Waals surface area contributed by atoms with Crippen LogP contribution in [0.5, 0.6) is 0 Å². The van der Waals surface area contributed by atoms with Gasteiger partial charge < -0.3 is 10.1 Å². The molecule has 1 N–H and O–H groups in total. The largest absolute Gasteiger partial charge is 0.459 e. The highest BCUT2D eigenvalue weighted by Gasteiger charge is 2.59. The number of rotatable bonds is 4. The maximum Gasteiger partial charge on any atom is 0.325 e. The van der Waals surface area contributed by atoms with Crippen molar-refractivity contribution >= 4 is 23.7 Å². The van der Waals surface area contributed by atoms with Crippen LogP contribution in [0.2, 0.25) is 0 Å². The van der Waals surface area contributed by atoms with Crippen LogP contribution in [-0.4, -0.2) is 47.3 Å². The number of fused-ring (bicyclic) bond motifs is 5. The van der Waals surface area contributed by atoms with Gasteiger partial charge in [0.1, 0.15) is 18.7 Å². The normalized spacial score (nSPS) is 30.7. The van der Waals surface area contributed by atoms with Crippen molar-refractivity contribution in [2.45, 2.75) is 32.8 Å². The van der Waals surface area contributed by atoms with Crippen LogP contribution in [-0.2, 0) is 23.9 Å². The van der Waals surface area contributed by atoms with Crippen molar-refractivity contribution in [3.63, 3.8) is 0 Å². The van der Waals surface area contributed by atoms with E-state index in [1.165, 1.54) is 0 Å². The zero-order valence-corrected chi connectivity index (χ0v) is 14.1. The highest BCUT2D eigenvalue weighted by Crippen LogP contribution is 2.52. The number of nitrogens with one attached hydrogen (secondary N) is 1. The summed E-state index contributed by atoms with van der Waals surface area (Å²) in [4.78, 5) is 49.5. The van der Waals surface area contributed by atoms with E-state index in [0.717, 1.165) is 11.3 Å². The van der Waals surface area contributed by atoms with Crippen molar-refractivity contribution < 1.29 is 23.9 Å². The molecule has 0 aromatic carbocycles.